The molecule has 2 aromatic rings. The molecule has 3 fully saturated rings. The molecule has 9 N–H and O–H groups in total. The van der Waals surface area contributed by atoms with Crippen LogP contribution in [-0.4, -0.2) is 114 Å². The largest absolute Gasteiger partial charge is 0.478 e. The van der Waals surface area contributed by atoms with E-state index in [0.29, 0.717) is 5.69 Å². The summed E-state index contributed by atoms with van der Waals surface area (Å²) in [5.74, 6) is -3.60. The maximum atomic E-state index is 13.3. The Bertz CT molecular complexity index is 1600. The van der Waals surface area contributed by atoms with Gasteiger partial charge in [-0.3, -0.25) is 19.6 Å². The predicted molar refractivity (Wildman–Crippen MR) is 151 cm³/mol. The summed E-state index contributed by atoms with van der Waals surface area (Å²) in [6.07, 6.45) is 3.25. The van der Waals surface area contributed by atoms with Gasteiger partial charge in [0.15, 0.2) is 16.8 Å². The summed E-state index contributed by atoms with van der Waals surface area (Å²) in [6.45, 7) is 1.33. The lowest BCUT2D eigenvalue weighted by Crippen LogP contribution is -2.73. The Morgan fingerprint density at radius 1 is 1.34 bits per heavy atom. The molecular weight excluding hydrogens is 624 g/mol. The Labute approximate surface area is 253 Å². The lowest BCUT2D eigenvalue weighted by molar-refractivity contribution is -0.153. The summed E-state index contributed by atoms with van der Waals surface area (Å²) in [4.78, 5) is 49.5. The lowest BCUT2D eigenvalue weighted by Gasteiger charge is -2.43. The van der Waals surface area contributed by atoms with Crippen LogP contribution >= 0.6 is 11.3 Å². The van der Waals surface area contributed by atoms with Crippen molar-refractivity contribution < 1.29 is 37.3 Å². The number of nitrogens with two attached hydrogens (primary N) is 2. The topological polar surface area (TPSA) is 297 Å². The van der Waals surface area contributed by atoms with Crippen LogP contribution in [0.1, 0.15) is 37.1 Å². The molecule has 0 unspecified atom stereocenters. The SMILES string of the molecule is N=C(N)N(Cc1cnn(C[C@H]2[C@H](NC(=O)C(=NOC3(C(=O)O)CC3)c3csc(N)n3)C(=O)N2S(=O)(=O)O)n1)C1CCNCC1. The van der Waals surface area contributed by atoms with Gasteiger partial charge in [-0.2, -0.15) is 23.4 Å². The second-order valence-electron chi connectivity index (χ2n) is 10.4. The Balaban J connectivity index is 1.33. The minimum absolute atomic E-state index is 0.0102. The van der Waals surface area contributed by atoms with Gasteiger partial charge in [-0.05, 0) is 25.9 Å². The third kappa shape index (κ3) is 6.41. The van der Waals surface area contributed by atoms with E-state index in [2.05, 4.69) is 31.0 Å². The normalized spacial score (nSPS) is 21.8. The van der Waals surface area contributed by atoms with Gasteiger partial charge in [0, 0.05) is 24.3 Å². The number of piperidine rings is 1. The number of oxime groups is 1. The Hall–Kier alpha value is -4.41. The molecule has 22 heteroatoms. The van der Waals surface area contributed by atoms with E-state index in [9.17, 15) is 32.5 Å². The number of aliphatic carboxylic acids is 1. The van der Waals surface area contributed by atoms with Crippen molar-refractivity contribution in [2.45, 2.75) is 62.5 Å². The Morgan fingerprint density at radius 3 is 2.61 bits per heavy atom. The number of hydrogen-bond donors (Lipinski definition) is 7. The van der Waals surface area contributed by atoms with Crippen molar-refractivity contribution in [2.75, 3.05) is 18.8 Å². The van der Waals surface area contributed by atoms with Crippen LogP contribution in [0.5, 0.6) is 0 Å². The van der Waals surface area contributed by atoms with Crippen molar-refractivity contribution in [1.82, 2.24) is 39.8 Å². The standard InChI is InChI=1S/C22H30N12O8S2/c23-20(24)32(12-1-5-26-6-2-12)8-11-7-27-33(30-11)9-14-16(18(36)34(14)44(39,40)41)29-17(35)15(13-10-43-21(25)28-13)31-42-22(3-4-22)19(37)38/h7,10,12,14,16,26H,1-6,8-9H2,(H3,23,24)(H2,25,28)(H,29,35)(H,37,38)(H,39,40,41)/t14-,16-/m0/s1. The van der Waals surface area contributed by atoms with Crippen LogP contribution in [0.25, 0.3) is 0 Å². The molecule has 2 saturated heterocycles. The molecule has 0 spiro atoms. The van der Waals surface area contributed by atoms with E-state index in [1.807, 2.05) is 0 Å². The number of carboxylic acids is 1. The molecule has 238 valence electrons. The van der Waals surface area contributed by atoms with E-state index >= 15 is 0 Å². The van der Waals surface area contributed by atoms with Crippen molar-refractivity contribution >= 4 is 56.2 Å². The zero-order valence-electron chi connectivity index (χ0n) is 23.0. The number of nitrogens with zero attached hydrogens (tertiary/aromatic N) is 7. The monoisotopic (exact) mass is 654 g/mol. The quantitative estimate of drug-likeness (QED) is 0.0403. The second kappa shape index (κ2) is 11.9. The van der Waals surface area contributed by atoms with Gasteiger partial charge in [0.25, 0.3) is 11.8 Å². The number of β-lactam (4-membered cyclic amide) rings is 1. The first-order valence-corrected chi connectivity index (χ1v) is 15.6. The molecule has 20 nitrogen and oxygen atoms in total. The van der Waals surface area contributed by atoms with Crippen molar-refractivity contribution in [3.63, 3.8) is 0 Å². The maximum Gasteiger partial charge on any atom is 0.362 e. The number of aromatic nitrogens is 4. The molecule has 2 atom stereocenters. The number of thiazole rings is 1. The number of carbonyl (C=O) groups excluding carboxylic acids is 2. The number of anilines is 1. The fraction of sp³-hybridized carbons (Fsp3) is 0.545. The third-order valence-corrected chi connectivity index (χ3v) is 9.04. The van der Waals surface area contributed by atoms with Crippen LogP contribution in [0.2, 0.25) is 0 Å². The van der Waals surface area contributed by atoms with Crippen LogP contribution in [-0.2, 0) is 42.6 Å². The highest BCUT2D eigenvalue weighted by atomic mass is 32.2. The molecule has 0 bridgehead atoms. The first-order chi connectivity index (χ1) is 20.8. The molecule has 2 aromatic heterocycles. The molecule has 2 amide bonds. The maximum absolute atomic E-state index is 13.3. The van der Waals surface area contributed by atoms with Gasteiger partial charge in [0.05, 0.1) is 19.3 Å². The van der Waals surface area contributed by atoms with Gasteiger partial charge in [0.1, 0.15) is 23.5 Å². The first kappa shape index (κ1) is 31.0. The summed E-state index contributed by atoms with van der Waals surface area (Å²) in [6, 6.07) is -2.83. The lowest BCUT2D eigenvalue weighted by atomic mass is 9.98. The molecular formula is C22H30N12O8S2. The van der Waals surface area contributed by atoms with Gasteiger partial charge in [-0.1, -0.05) is 5.16 Å². The summed E-state index contributed by atoms with van der Waals surface area (Å²) < 4.78 is 33.9. The van der Waals surface area contributed by atoms with Gasteiger partial charge in [0.2, 0.25) is 5.60 Å². The summed E-state index contributed by atoms with van der Waals surface area (Å²) >= 11 is 0.967. The number of nitrogen functional groups attached to an aromatic ring is 1. The van der Waals surface area contributed by atoms with Crippen molar-refractivity contribution in [1.29, 1.82) is 5.41 Å². The van der Waals surface area contributed by atoms with Crippen LogP contribution in [0, 0.1) is 5.41 Å². The number of guanidine groups is 1. The molecule has 4 heterocycles. The average molecular weight is 655 g/mol. The van der Waals surface area contributed by atoms with Crippen LogP contribution in [0.4, 0.5) is 5.13 Å². The average Bonchev–Trinajstić information content (AvgIpc) is 3.43. The van der Waals surface area contributed by atoms with E-state index < -0.39 is 51.5 Å². The van der Waals surface area contributed by atoms with Crippen LogP contribution < -0.4 is 22.1 Å². The first-order valence-electron chi connectivity index (χ1n) is 13.3. The van der Waals surface area contributed by atoms with E-state index in [1.165, 1.54) is 11.6 Å². The van der Waals surface area contributed by atoms with Gasteiger partial charge >= 0.3 is 16.3 Å². The van der Waals surface area contributed by atoms with Crippen molar-refractivity contribution in [3.8, 4) is 0 Å². The van der Waals surface area contributed by atoms with Gasteiger partial charge < -0.3 is 36.9 Å². The summed E-state index contributed by atoms with van der Waals surface area (Å²) in [7, 11) is -5.03. The number of carbonyl (C=O) groups is 3. The van der Waals surface area contributed by atoms with Crippen LogP contribution in [0.15, 0.2) is 16.7 Å². The number of nitrogens with one attached hydrogen (secondary N) is 3. The molecule has 3 aliphatic rings. The Kier molecular flexibility index (Phi) is 8.42. The predicted octanol–water partition coefficient (Wildman–Crippen LogP) is -2.70. The molecule has 2 aliphatic heterocycles. The highest BCUT2D eigenvalue weighted by Gasteiger charge is 2.56. The fourth-order valence-electron chi connectivity index (χ4n) is 4.91. The minimum atomic E-state index is -5.03. The van der Waals surface area contributed by atoms with Crippen molar-refractivity contribution in [3.05, 3.63) is 23.0 Å². The molecule has 1 aliphatic carbocycles. The molecule has 0 radical (unpaired) electrons. The zero-order valence-corrected chi connectivity index (χ0v) is 24.6. The summed E-state index contributed by atoms with van der Waals surface area (Å²) in [5.41, 5.74) is 9.73. The fourth-order valence-corrected chi connectivity index (χ4v) is 6.33. The van der Waals surface area contributed by atoms with E-state index in [0.717, 1.165) is 42.1 Å². The van der Waals surface area contributed by atoms with Gasteiger partial charge in [-0.15, -0.1) is 11.3 Å². The highest BCUT2D eigenvalue weighted by Crippen LogP contribution is 2.40. The smallest absolute Gasteiger partial charge is 0.362 e. The van der Waals surface area contributed by atoms with E-state index in [4.69, 9.17) is 21.7 Å². The molecule has 1 saturated carbocycles. The minimum Gasteiger partial charge on any atom is -0.478 e. The van der Waals surface area contributed by atoms with Gasteiger partial charge in [-0.25, -0.2) is 14.1 Å². The Morgan fingerprint density at radius 2 is 2.05 bits per heavy atom. The molecule has 0 aromatic carbocycles. The molecule has 44 heavy (non-hydrogen) atoms. The number of hydrogen-bond acceptors (Lipinski definition) is 14. The molecule has 5 rings (SSSR count). The highest BCUT2D eigenvalue weighted by molar-refractivity contribution is 7.84. The van der Waals surface area contributed by atoms with Crippen LogP contribution in [0.3, 0.4) is 0 Å². The number of carboxylic acid groups (broad SMARTS) is 1. The van der Waals surface area contributed by atoms with Crippen molar-refractivity contribution in [2.24, 2.45) is 10.9 Å². The summed E-state index contributed by atoms with van der Waals surface area (Å²) in [5, 5.41) is 36.6. The second-order valence-corrected chi connectivity index (χ2v) is 12.6. The van der Waals surface area contributed by atoms with E-state index in [1.54, 1.807) is 4.90 Å². The third-order valence-electron chi connectivity index (χ3n) is 7.42. The van der Waals surface area contributed by atoms with E-state index in [-0.39, 0.29) is 53.1 Å². The number of rotatable bonds is 12. The number of amides is 2. The zero-order chi connectivity index (χ0) is 31.8.